The summed E-state index contributed by atoms with van der Waals surface area (Å²) < 4.78 is 27.3. The average Bonchev–Trinajstić information content (AvgIpc) is 2.43. The SMILES string of the molecule is Fc1ccc(-c2c(Cl)c(Cl)c(Cl)c(Cl)c2Cl)c(F)c1Cl. The summed E-state index contributed by atoms with van der Waals surface area (Å²) in [5, 5.41) is -1.12. The van der Waals surface area contributed by atoms with Crippen molar-refractivity contribution in [2.45, 2.75) is 0 Å². The van der Waals surface area contributed by atoms with Gasteiger partial charge in [0.05, 0.1) is 25.1 Å². The Kier molecular flexibility index (Phi) is 4.95. The first-order valence-corrected chi connectivity index (χ1v) is 7.19. The van der Waals surface area contributed by atoms with Crippen LogP contribution in [0.25, 0.3) is 11.1 Å². The van der Waals surface area contributed by atoms with Crippen molar-refractivity contribution in [1.82, 2.24) is 0 Å². The summed E-state index contributed by atoms with van der Waals surface area (Å²) in [6, 6.07) is 2.11. The first-order chi connectivity index (χ1) is 9.27. The molecule has 2 aromatic carbocycles. The number of rotatable bonds is 1. The average molecular weight is 397 g/mol. The number of hydrogen-bond acceptors (Lipinski definition) is 0. The molecular weight excluding hydrogens is 395 g/mol. The number of hydrogen-bond donors (Lipinski definition) is 0. The van der Waals surface area contributed by atoms with Gasteiger partial charge in [-0.2, -0.15) is 0 Å². The second kappa shape index (κ2) is 6.04. The lowest BCUT2D eigenvalue weighted by Crippen LogP contribution is -1.93. The van der Waals surface area contributed by atoms with Crippen LogP contribution in [0.2, 0.25) is 30.1 Å². The summed E-state index contributed by atoms with van der Waals surface area (Å²) >= 11 is 35.2. The highest BCUT2D eigenvalue weighted by molar-refractivity contribution is 6.56. The van der Waals surface area contributed by atoms with Crippen LogP contribution < -0.4 is 0 Å². The van der Waals surface area contributed by atoms with Gasteiger partial charge >= 0.3 is 0 Å². The molecule has 0 saturated carbocycles. The predicted molar refractivity (Wildman–Crippen MR) is 81.9 cm³/mol. The summed E-state index contributed by atoms with van der Waals surface area (Å²) in [4.78, 5) is 0. The van der Waals surface area contributed by atoms with Crippen molar-refractivity contribution in [2.75, 3.05) is 0 Å². The first kappa shape index (κ1) is 16.4. The fraction of sp³-hybridized carbons (Fsp3) is 0. The van der Waals surface area contributed by atoms with Crippen LogP contribution in [0.1, 0.15) is 0 Å². The van der Waals surface area contributed by atoms with Crippen LogP contribution in [0.5, 0.6) is 0 Å². The summed E-state index contributed by atoms with van der Waals surface area (Å²) in [6.07, 6.45) is 0. The van der Waals surface area contributed by atoms with Crippen LogP contribution >= 0.6 is 69.6 Å². The molecule has 0 N–H and O–H groups in total. The number of halogens is 8. The molecule has 0 aromatic heterocycles. The zero-order valence-electron chi connectivity index (χ0n) is 9.18. The smallest absolute Gasteiger partial charge is 0.152 e. The Morgan fingerprint density at radius 3 is 1.55 bits per heavy atom. The Hall–Kier alpha value is 0.0400. The van der Waals surface area contributed by atoms with Crippen molar-refractivity contribution in [2.24, 2.45) is 0 Å². The molecule has 106 valence electrons. The van der Waals surface area contributed by atoms with E-state index in [9.17, 15) is 8.78 Å². The minimum Gasteiger partial charge on any atom is -0.205 e. The Morgan fingerprint density at radius 1 is 0.600 bits per heavy atom. The van der Waals surface area contributed by atoms with Gasteiger partial charge in [-0.1, -0.05) is 69.6 Å². The van der Waals surface area contributed by atoms with E-state index in [1.165, 1.54) is 0 Å². The van der Waals surface area contributed by atoms with E-state index in [1.54, 1.807) is 0 Å². The summed E-state index contributed by atoms with van der Waals surface area (Å²) in [5.41, 5.74) is -0.140. The van der Waals surface area contributed by atoms with Crippen LogP contribution in [-0.2, 0) is 0 Å². The van der Waals surface area contributed by atoms with Crippen molar-refractivity contribution in [3.63, 3.8) is 0 Å². The lowest BCUT2D eigenvalue weighted by Gasteiger charge is -2.14. The molecule has 0 radical (unpaired) electrons. The maximum Gasteiger partial charge on any atom is 0.152 e. The normalized spacial score (nSPS) is 11.0. The molecule has 0 aliphatic carbocycles. The second-order valence-corrected chi connectivity index (χ2v) is 5.94. The van der Waals surface area contributed by atoms with Crippen molar-refractivity contribution < 1.29 is 8.78 Å². The fourth-order valence-corrected chi connectivity index (χ4v) is 3.07. The Labute approximate surface area is 143 Å². The highest BCUT2D eigenvalue weighted by atomic mass is 35.5. The summed E-state index contributed by atoms with van der Waals surface area (Å²) in [5.74, 6) is -1.93. The molecule has 8 heteroatoms. The highest BCUT2D eigenvalue weighted by Gasteiger charge is 2.24. The molecule has 0 bridgehead atoms. The molecule has 0 aliphatic heterocycles. The largest absolute Gasteiger partial charge is 0.205 e. The third-order valence-electron chi connectivity index (χ3n) is 2.51. The molecule has 0 aliphatic rings. The van der Waals surface area contributed by atoms with Gasteiger partial charge in [0.2, 0.25) is 0 Å². The summed E-state index contributed by atoms with van der Waals surface area (Å²) in [6.45, 7) is 0. The van der Waals surface area contributed by atoms with Crippen molar-refractivity contribution in [1.29, 1.82) is 0 Å². The first-order valence-electron chi connectivity index (χ1n) is 4.92. The van der Waals surface area contributed by atoms with Crippen LogP contribution in [0.3, 0.4) is 0 Å². The zero-order chi connectivity index (χ0) is 15.2. The molecule has 2 rings (SSSR count). The van der Waals surface area contributed by atoms with E-state index in [1.807, 2.05) is 0 Å². The van der Waals surface area contributed by atoms with E-state index in [-0.39, 0.29) is 36.2 Å². The topological polar surface area (TPSA) is 0 Å². The van der Waals surface area contributed by atoms with Crippen molar-refractivity contribution in [3.05, 3.63) is 53.9 Å². The lowest BCUT2D eigenvalue weighted by molar-refractivity contribution is 0.586. The minimum atomic E-state index is -1.02. The zero-order valence-corrected chi connectivity index (χ0v) is 13.7. The van der Waals surface area contributed by atoms with Gasteiger partial charge in [0.1, 0.15) is 10.8 Å². The van der Waals surface area contributed by atoms with Crippen LogP contribution in [-0.4, -0.2) is 0 Å². The molecule has 0 unspecified atom stereocenters. The highest BCUT2D eigenvalue weighted by Crippen LogP contribution is 2.49. The van der Waals surface area contributed by atoms with Crippen molar-refractivity contribution in [3.8, 4) is 11.1 Å². The minimum absolute atomic E-state index is 0.00728. The van der Waals surface area contributed by atoms with Crippen molar-refractivity contribution >= 4 is 69.6 Å². The molecule has 0 fully saturated rings. The molecule has 0 spiro atoms. The predicted octanol–water partition coefficient (Wildman–Crippen LogP) is 7.55. The van der Waals surface area contributed by atoms with E-state index in [0.29, 0.717) is 0 Å². The van der Waals surface area contributed by atoms with Gasteiger partial charge in [0, 0.05) is 11.1 Å². The molecule has 0 saturated heterocycles. The maximum atomic E-state index is 14.1. The third kappa shape index (κ3) is 2.58. The molecule has 0 nitrogen and oxygen atoms in total. The molecular formula is C12H2Cl6F2. The van der Waals surface area contributed by atoms with Crippen LogP contribution in [0, 0.1) is 11.6 Å². The molecule has 2 aromatic rings. The Bertz CT molecular complexity index is 685. The lowest BCUT2D eigenvalue weighted by atomic mass is 10.0. The van der Waals surface area contributed by atoms with Gasteiger partial charge in [-0.05, 0) is 12.1 Å². The fourth-order valence-electron chi connectivity index (χ4n) is 1.56. The monoisotopic (exact) mass is 394 g/mol. The molecule has 0 amide bonds. The van der Waals surface area contributed by atoms with E-state index in [2.05, 4.69) is 0 Å². The third-order valence-corrected chi connectivity index (χ3v) is 5.14. The standard InChI is InChI=1S/C12H2Cl6F2/c13-6-4(19)2-1-3(12(6)20)5-7(14)9(16)11(18)10(17)8(5)15/h1-2H. The number of benzene rings is 2. The molecule has 0 atom stereocenters. The quantitative estimate of drug-likeness (QED) is 0.344. The second-order valence-electron chi connectivity index (χ2n) is 3.67. The van der Waals surface area contributed by atoms with Gasteiger partial charge in [0.15, 0.2) is 5.82 Å². The van der Waals surface area contributed by atoms with E-state index in [0.717, 1.165) is 12.1 Å². The van der Waals surface area contributed by atoms with Gasteiger partial charge in [0.25, 0.3) is 0 Å². The summed E-state index contributed by atoms with van der Waals surface area (Å²) in [7, 11) is 0. The van der Waals surface area contributed by atoms with Gasteiger partial charge in [-0.15, -0.1) is 0 Å². The van der Waals surface area contributed by atoms with E-state index >= 15 is 0 Å². The Morgan fingerprint density at radius 2 is 1.05 bits per heavy atom. The molecule has 0 heterocycles. The van der Waals surface area contributed by atoms with Gasteiger partial charge < -0.3 is 0 Å². The van der Waals surface area contributed by atoms with E-state index in [4.69, 9.17) is 69.6 Å². The van der Waals surface area contributed by atoms with Gasteiger partial charge in [-0.3, -0.25) is 0 Å². The molecule has 20 heavy (non-hydrogen) atoms. The van der Waals surface area contributed by atoms with Crippen LogP contribution in [0.15, 0.2) is 12.1 Å². The maximum absolute atomic E-state index is 14.1. The van der Waals surface area contributed by atoms with E-state index < -0.39 is 16.7 Å². The Balaban J connectivity index is 2.87. The van der Waals surface area contributed by atoms with Gasteiger partial charge in [-0.25, -0.2) is 8.78 Å². The van der Waals surface area contributed by atoms with Crippen LogP contribution in [0.4, 0.5) is 8.78 Å².